The van der Waals surface area contributed by atoms with E-state index in [4.69, 9.17) is 5.41 Å². The molecule has 0 aliphatic carbocycles. The molecule has 1 aliphatic rings. The van der Waals surface area contributed by atoms with Crippen LogP contribution in [-0.2, 0) is 13.0 Å². The van der Waals surface area contributed by atoms with Crippen molar-refractivity contribution in [2.45, 2.75) is 25.8 Å². The van der Waals surface area contributed by atoms with Crippen molar-refractivity contribution in [1.29, 1.82) is 5.41 Å². The quantitative estimate of drug-likeness (QED) is 0.784. The zero-order chi connectivity index (χ0) is 11.7. The van der Waals surface area contributed by atoms with E-state index in [2.05, 4.69) is 15.7 Å². The Hall–Kier alpha value is -1.90. The first-order valence-electron chi connectivity index (χ1n) is 6.04. The van der Waals surface area contributed by atoms with Crippen LogP contribution in [0, 0.1) is 5.41 Å². The minimum atomic E-state index is 0.928. The van der Waals surface area contributed by atoms with E-state index in [-0.39, 0.29) is 0 Å². The zero-order valence-electron chi connectivity index (χ0n) is 9.69. The predicted molar refractivity (Wildman–Crippen MR) is 68.5 cm³/mol. The second kappa shape index (κ2) is 4.17. The number of hydrogen-bond acceptors (Lipinski definition) is 2. The van der Waals surface area contributed by atoms with E-state index < -0.39 is 0 Å². The average Bonchev–Trinajstić information content (AvgIpc) is 2.82. The largest absolute Gasteiger partial charge is 0.334 e. The summed E-state index contributed by atoms with van der Waals surface area (Å²) in [5.74, 6) is 1.21. The van der Waals surface area contributed by atoms with Crippen molar-refractivity contribution in [3.63, 3.8) is 0 Å². The van der Waals surface area contributed by atoms with Crippen LogP contribution in [0.25, 0.3) is 11.3 Å². The third-order valence-corrected chi connectivity index (χ3v) is 3.28. The number of nitrogens with zero attached hydrogens (tertiary/aromatic N) is 2. The smallest absolute Gasteiger partial charge is 0.109 e. The zero-order valence-corrected chi connectivity index (χ0v) is 9.69. The number of hydrogen-bond donors (Lipinski definition) is 1. The van der Waals surface area contributed by atoms with Crippen LogP contribution in [0.3, 0.4) is 0 Å². The minimum Gasteiger partial charge on any atom is -0.334 e. The van der Waals surface area contributed by atoms with Gasteiger partial charge in [-0.05, 0) is 18.4 Å². The number of rotatable bonds is 2. The number of nitrogens with one attached hydrogen (secondary N) is 1. The van der Waals surface area contributed by atoms with E-state index in [1.165, 1.54) is 24.9 Å². The van der Waals surface area contributed by atoms with Gasteiger partial charge in [-0.15, -0.1) is 0 Å². The Labute approximate surface area is 101 Å². The van der Waals surface area contributed by atoms with E-state index >= 15 is 0 Å². The van der Waals surface area contributed by atoms with E-state index in [9.17, 15) is 0 Å². The summed E-state index contributed by atoms with van der Waals surface area (Å²) in [4.78, 5) is 4.68. The minimum absolute atomic E-state index is 0.928. The summed E-state index contributed by atoms with van der Waals surface area (Å²) in [6.07, 6.45) is 7.12. The van der Waals surface area contributed by atoms with Crippen LogP contribution < -0.4 is 0 Å². The summed E-state index contributed by atoms with van der Waals surface area (Å²) < 4.78 is 2.27. The highest BCUT2D eigenvalue weighted by atomic mass is 15.1. The lowest BCUT2D eigenvalue weighted by Crippen LogP contribution is -2.08. The topological polar surface area (TPSA) is 41.7 Å². The molecule has 1 aliphatic heterocycles. The van der Waals surface area contributed by atoms with Crippen molar-refractivity contribution in [2.75, 3.05) is 0 Å². The van der Waals surface area contributed by atoms with Gasteiger partial charge < -0.3 is 9.98 Å². The first-order valence-corrected chi connectivity index (χ1v) is 6.04. The molecule has 0 fully saturated rings. The highest BCUT2D eigenvalue weighted by Gasteiger charge is 2.12. The van der Waals surface area contributed by atoms with Gasteiger partial charge >= 0.3 is 0 Å². The molecule has 1 aromatic carbocycles. The summed E-state index contributed by atoms with van der Waals surface area (Å²) in [5.41, 5.74) is 3.12. The van der Waals surface area contributed by atoms with Gasteiger partial charge in [-0.2, -0.15) is 0 Å². The lowest BCUT2D eigenvalue weighted by Gasteiger charge is -2.11. The SMILES string of the molecule is N=Cc1ccc(-c2cn3c(n2)CCCC3)cc1. The molecule has 17 heavy (non-hydrogen) atoms. The molecule has 2 aromatic rings. The normalized spacial score (nSPS) is 14.4. The second-order valence-electron chi connectivity index (χ2n) is 4.46. The number of aromatic nitrogens is 2. The molecule has 3 heteroatoms. The van der Waals surface area contributed by atoms with E-state index in [0.29, 0.717) is 0 Å². The fourth-order valence-corrected chi connectivity index (χ4v) is 2.30. The molecular formula is C14H15N3. The maximum atomic E-state index is 7.18. The Morgan fingerprint density at radius 2 is 2.00 bits per heavy atom. The van der Waals surface area contributed by atoms with E-state index in [1.807, 2.05) is 24.3 Å². The Bertz CT molecular complexity index is 514. The third-order valence-electron chi connectivity index (χ3n) is 3.28. The summed E-state index contributed by atoms with van der Waals surface area (Å²) >= 11 is 0. The van der Waals surface area contributed by atoms with Crippen LogP contribution in [0.15, 0.2) is 30.5 Å². The molecule has 0 amide bonds. The first-order chi connectivity index (χ1) is 8.36. The van der Waals surface area contributed by atoms with Crippen molar-refractivity contribution in [3.8, 4) is 11.3 Å². The predicted octanol–water partition coefficient (Wildman–Crippen LogP) is 2.88. The van der Waals surface area contributed by atoms with E-state index in [0.717, 1.165) is 29.8 Å². The van der Waals surface area contributed by atoms with Crippen molar-refractivity contribution >= 4 is 6.21 Å². The molecular weight excluding hydrogens is 210 g/mol. The van der Waals surface area contributed by atoms with Crippen LogP contribution in [0.2, 0.25) is 0 Å². The third kappa shape index (κ3) is 1.88. The van der Waals surface area contributed by atoms with Gasteiger partial charge in [-0.3, -0.25) is 0 Å². The Morgan fingerprint density at radius 1 is 1.18 bits per heavy atom. The number of benzene rings is 1. The van der Waals surface area contributed by atoms with Gasteiger partial charge in [-0.25, -0.2) is 4.98 Å². The molecule has 2 heterocycles. The summed E-state index contributed by atoms with van der Waals surface area (Å²) in [7, 11) is 0. The second-order valence-corrected chi connectivity index (χ2v) is 4.46. The lowest BCUT2D eigenvalue weighted by molar-refractivity contribution is 0.522. The molecule has 1 aromatic heterocycles. The number of imidazole rings is 1. The lowest BCUT2D eigenvalue weighted by atomic mass is 10.1. The summed E-state index contributed by atoms with van der Waals surface area (Å²) in [6.45, 7) is 1.10. The monoisotopic (exact) mass is 225 g/mol. The Kier molecular flexibility index (Phi) is 2.52. The molecule has 1 N–H and O–H groups in total. The van der Waals surface area contributed by atoms with Crippen LogP contribution in [0.4, 0.5) is 0 Å². The first kappa shape index (κ1) is 10.3. The van der Waals surface area contributed by atoms with Gasteiger partial charge in [0.2, 0.25) is 0 Å². The molecule has 0 saturated heterocycles. The van der Waals surface area contributed by atoms with Crippen LogP contribution in [0.5, 0.6) is 0 Å². The average molecular weight is 225 g/mol. The highest BCUT2D eigenvalue weighted by molar-refractivity contribution is 5.78. The fourth-order valence-electron chi connectivity index (χ4n) is 2.30. The van der Waals surface area contributed by atoms with Crippen molar-refractivity contribution < 1.29 is 0 Å². The molecule has 86 valence electrons. The van der Waals surface area contributed by atoms with Gasteiger partial charge in [0.05, 0.1) is 5.69 Å². The molecule has 3 nitrogen and oxygen atoms in total. The van der Waals surface area contributed by atoms with Gasteiger partial charge in [0.25, 0.3) is 0 Å². The molecule has 0 radical (unpaired) electrons. The van der Waals surface area contributed by atoms with Gasteiger partial charge in [0.1, 0.15) is 5.82 Å². The Balaban J connectivity index is 1.97. The summed E-state index contributed by atoms with van der Waals surface area (Å²) in [6, 6.07) is 7.99. The molecule has 0 spiro atoms. The van der Waals surface area contributed by atoms with Crippen LogP contribution in [-0.4, -0.2) is 15.8 Å². The fraction of sp³-hybridized carbons (Fsp3) is 0.286. The number of aryl methyl sites for hydroxylation is 2. The molecule has 0 saturated carbocycles. The van der Waals surface area contributed by atoms with Crippen LogP contribution in [0.1, 0.15) is 24.2 Å². The van der Waals surface area contributed by atoms with Crippen LogP contribution >= 0.6 is 0 Å². The molecule has 0 bridgehead atoms. The summed E-state index contributed by atoms with van der Waals surface area (Å²) in [5, 5.41) is 7.18. The maximum absolute atomic E-state index is 7.18. The molecule has 0 unspecified atom stereocenters. The van der Waals surface area contributed by atoms with Crippen molar-refractivity contribution in [3.05, 3.63) is 41.9 Å². The Morgan fingerprint density at radius 3 is 2.71 bits per heavy atom. The van der Waals surface area contributed by atoms with Crippen molar-refractivity contribution in [1.82, 2.24) is 9.55 Å². The maximum Gasteiger partial charge on any atom is 0.109 e. The van der Waals surface area contributed by atoms with Crippen molar-refractivity contribution in [2.24, 2.45) is 0 Å². The molecule has 0 atom stereocenters. The van der Waals surface area contributed by atoms with Gasteiger partial charge in [-0.1, -0.05) is 24.3 Å². The van der Waals surface area contributed by atoms with E-state index in [1.54, 1.807) is 0 Å². The van der Waals surface area contributed by atoms with Gasteiger partial charge in [0, 0.05) is 30.9 Å². The highest BCUT2D eigenvalue weighted by Crippen LogP contribution is 2.22. The van der Waals surface area contributed by atoms with Gasteiger partial charge in [0.15, 0.2) is 0 Å². The molecule has 3 rings (SSSR count). The number of fused-ring (bicyclic) bond motifs is 1. The standard InChI is InChI=1S/C14H15N3/c15-9-11-4-6-12(7-5-11)13-10-17-8-2-1-3-14(17)16-13/h4-7,9-10,15H,1-3,8H2.